The molecule has 1 aliphatic heterocycles. The van der Waals surface area contributed by atoms with Crippen LogP contribution in [0, 0.1) is 12.8 Å². The number of carbonyl (C=O) groups is 1. The Hall–Kier alpha value is -1.56. The van der Waals surface area contributed by atoms with Gasteiger partial charge in [-0.2, -0.15) is 0 Å². The molecule has 1 aliphatic carbocycles. The molecule has 0 aromatic carbocycles. The highest BCUT2D eigenvalue weighted by molar-refractivity contribution is 7.91. The Balaban J connectivity index is 1.73. The number of hydrogen-bond acceptors (Lipinski definition) is 4. The molecule has 22 heavy (non-hydrogen) atoms. The summed E-state index contributed by atoms with van der Waals surface area (Å²) < 4.78 is 29.2. The highest BCUT2D eigenvalue weighted by Gasteiger charge is 2.40. The van der Waals surface area contributed by atoms with Gasteiger partial charge in [-0.25, -0.2) is 8.42 Å². The summed E-state index contributed by atoms with van der Waals surface area (Å²) >= 11 is 0. The van der Waals surface area contributed by atoms with Crippen molar-refractivity contribution in [3.63, 3.8) is 0 Å². The molecule has 5 nitrogen and oxygen atoms in total. The third-order valence-electron chi connectivity index (χ3n) is 4.60. The maximum Gasteiger partial charge on any atom is 0.247 e. The van der Waals surface area contributed by atoms with Crippen LogP contribution in [0.5, 0.6) is 0 Å². The third kappa shape index (κ3) is 3.27. The van der Waals surface area contributed by atoms with Crippen molar-refractivity contribution in [2.24, 2.45) is 5.92 Å². The first kappa shape index (κ1) is 15.3. The van der Waals surface area contributed by atoms with Gasteiger partial charge >= 0.3 is 0 Å². The molecule has 1 aromatic rings. The Labute approximate surface area is 130 Å². The van der Waals surface area contributed by atoms with Gasteiger partial charge < -0.3 is 9.32 Å². The fourth-order valence-electron chi connectivity index (χ4n) is 3.12. The van der Waals surface area contributed by atoms with Gasteiger partial charge in [0.1, 0.15) is 11.5 Å². The SMILES string of the molecule is Cc1ccc(/C=C/C(=O)N2CCS(=O)(=O)CC2C2CCC2)o1. The number of sulfone groups is 1. The maximum atomic E-state index is 12.4. The lowest BCUT2D eigenvalue weighted by molar-refractivity contribution is -0.129. The Kier molecular flexibility index (Phi) is 4.12. The van der Waals surface area contributed by atoms with E-state index < -0.39 is 9.84 Å². The minimum atomic E-state index is -3.02. The summed E-state index contributed by atoms with van der Waals surface area (Å²) in [5.41, 5.74) is 0. The summed E-state index contributed by atoms with van der Waals surface area (Å²) in [6, 6.07) is 3.49. The molecule has 1 saturated carbocycles. The summed E-state index contributed by atoms with van der Waals surface area (Å²) in [6.45, 7) is 2.14. The zero-order chi connectivity index (χ0) is 15.7. The van der Waals surface area contributed by atoms with Gasteiger partial charge in [-0.3, -0.25) is 4.79 Å². The molecule has 1 amide bonds. The second kappa shape index (κ2) is 5.91. The topological polar surface area (TPSA) is 67.6 Å². The van der Waals surface area contributed by atoms with Gasteiger partial charge in [0.2, 0.25) is 5.91 Å². The van der Waals surface area contributed by atoms with Crippen molar-refractivity contribution in [1.29, 1.82) is 0 Å². The van der Waals surface area contributed by atoms with Crippen molar-refractivity contribution in [3.8, 4) is 0 Å². The van der Waals surface area contributed by atoms with Gasteiger partial charge in [0.25, 0.3) is 0 Å². The molecule has 1 saturated heterocycles. The van der Waals surface area contributed by atoms with E-state index in [0.29, 0.717) is 18.2 Å². The van der Waals surface area contributed by atoms with Crippen LogP contribution >= 0.6 is 0 Å². The van der Waals surface area contributed by atoms with Gasteiger partial charge in [0.05, 0.1) is 11.5 Å². The van der Waals surface area contributed by atoms with Crippen molar-refractivity contribution in [2.45, 2.75) is 32.2 Å². The van der Waals surface area contributed by atoms with Crippen LogP contribution in [0.25, 0.3) is 6.08 Å². The monoisotopic (exact) mass is 323 g/mol. The van der Waals surface area contributed by atoms with Gasteiger partial charge in [-0.05, 0) is 43.9 Å². The number of aryl methyl sites for hydroxylation is 1. The molecule has 2 heterocycles. The minimum Gasteiger partial charge on any atom is -0.462 e. The van der Waals surface area contributed by atoms with Crippen molar-refractivity contribution in [3.05, 3.63) is 29.7 Å². The van der Waals surface area contributed by atoms with E-state index >= 15 is 0 Å². The molecule has 6 heteroatoms. The van der Waals surface area contributed by atoms with Crippen LogP contribution in [-0.2, 0) is 14.6 Å². The van der Waals surface area contributed by atoms with E-state index in [2.05, 4.69) is 0 Å². The van der Waals surface area contributed by atoms with E-state index in [4.69, 9.17) is 4.42 Å². The van der Waals surface area contributed by atoms with Crippen LogP contribution in [-0.4, -0.2) is 43.3 Å². The van der Waals surface area contributed by atoms with Crippen molar-refractivity contribution < 1.29 is 17.6 Å². The maximum absolute atomic E-state index is 12.4. The number of amides is 1. The number of carbonyl (C=O) groups excluding carboxylic acids is 1. The molecule has 1 aromatic heterocycles. The lowest BCUT2D eigenvalue weighted by Gasteiger charge is -2.43. The van der Waals surface area contributed by atoms with Crippen LogP contribution in [0.4, 0.5) is 0 Å². The second-order valence-corrected chi connectivity index (χ2v) is 8.41. The highest BCUT2D eigenvalue weighted by Crippen LogP contribution is 2.34. The van der Waals surface area contributed by atoms with E-state index in [0.717, 1.165) is 25.0 Å². The number of nitrogens with zero attached hydrogens (tertiary/aromatic N) is 1. The highest BCUT2D eigenvalue weighted by atomic mass is 32.2. The predicted molar refractivity (Wildman–Crippen MR) is 84.0 cm³/mol. The normalized spacial score (nSPS) is 25.3. The average molecular weight is 323 g/mol. The van der Waals surface area contributed by atoms with Crippen molar-refractivity contribution in [2.75, 3.05) is 18.1 Å². The molecule has 0 N–H and O–H groups in total. The Morgan fingerprint density at radius 3 is 2.73 bits per heavy atom. The average Bonchev–Trinajstić information content (AvgIpc) is 2.79. The fraction of sp³-hybridized carbons (Fsp3) is 0.562. The predicted octanol–water partition coefficient (Wildman–Crippen LogP) is 2.03. The van der Waals surface area contributed by atoms with Crippen LogP contribution in [0.3, 0.4) is 0 Å². The van der Waals surface area contributed by atoms with E-state index in [-0.39, 0.29) is 23.5 Å². The quantitative estimate of drug-likeness (QED) is 0.798. The Morgan fingerprint density at radius 2 is 2.14 bits per heavy atom. The lowest BCUT2D eigenvalue weighted by atomic mass is 9.79. The van der Waals surface area contributed by atoms with Gasteiger partial charge in [-0.15, -0.1) is 0 Å². The molecule has 0 bridgehead atoms. The van der Waals surface area contributed by atoms with Crippen molar-refractivity contribution in [1.82, 2.24) is 4.90 Å². The van der Waals surface area contributed by atoms with Crippen LogP contribution in [0.1, 0.15) is 30.8 Å². The smallest absolute Gasteiger partial charge is 0.247 e. The molecule has 0 spiro atoms. The van der Waals surface area contributed by atoms with Crippen LogP contribution in [0.2, 0.25) is 0 Å². The van der Waals surface area contributed by atoms with E-state index in [9.17, 15) is 13.2 Å². The van der Waals surface area contributed by atoms with E-state index in [1.165, 1.54) is 6.08 Å². The van der Waals surface area contributed by atoms with Crippen molar-refractivity contribution >= 4 is 21.8 Å². The molecule has 0 radical (unpaired) electrons. The number of hydrogen-bond donors (Lipinski definition) is 0. The summed E-state index contributed by atoms with van der Waals surface area (Å²) in [6.07, 6.45) is 6.30. The first-order valence-electron chi connectivity index (χ1n) is 7.70. The largest absolute Gasteiger partial charge is 0.462 e. The summed E-state index contributed by atoms with van der Waals surface area (Å²) in [5, 5.41) is 0. The summed E-state index contributed by atoms with van der Waals surface area (Å²) in [4.78, 5) is 14.2. The third-order valence-corrected chi connectivity index (χ3v) is 6.25. The van der Waals surface area contributed by atoms with E-state index in [1.54, 1.807) is 11.0 Å². The zero-order valence-electron chi connectivity index (χ0n) is 12.7. The molecule has 2 aliphatic rings. The molecule has 1 atom stereocenters. The summed E-state index contributed by atoms with van der Waals surface area (Å²) in [7, 11) is -3.02. The Bertz CT molecular complexity index is 685. The zero-order valence-corrected chi connectivity index (χ0v) is 13.5. The molecule has 3 rings (SSSR count). The standard InChI is InChI=1S/C16H21NO4S/c1-12-5-6-14(21-12)7-8-16(18)17-9-10-22(19,20)11-15(17)13-3-2-4-13/h5-8,13,15H,2-4,9-11H2,1H3/b8-7+. The van der Waals surface area contributed by atoms with E-state index in [1.807, 2.05) is 19.1 Å². The minimum absolute atomic E-state index is 0.0651. The molecule has 2 fully saturated rings. The van der Waals surface area contributed by atoms with Gasteiger partial charge in [0, 0.05) is 18.7 Å². The van der Waals surface area contributed by atoms with Crippen LogP contribution in [0.15, 0.2) is 22.6 Å². The lowest BCUT2D eigenvalue weighted by Crippen LogP contribution is -2.55. The fourth-order valence-corrected chi connectivity index (χ4v) is 4.73. The van der Waals surface area contributed by atoms with Gasteiger partial charge in [-0.1, -0.05) is 6.42 Å². The second-order valence-electron chi connectivity index (χ2n) is 6.19. The molecular weight excluding hydrogens is 302 g/mol. The molecule has 1 unspecified atom stereocenters. The molecular formula is C16H21NO4S. The number of rotatable bonds is 3. The van der Waals surface area contributed by atoms with Gasteiger partial charge in [0.15, 0.2) is 9.84 Å². The van der Waals surface area contributed by atoms with Crippen LogP contribution < -0.4 is 0 Å². The first-order valence-corrected chi connectivity index (χ1v) is 9.52. The number of furan rings is 1. The Morgan fingerprint density at radius 1 is 1.36 bits per heavy atom. The molecule has 120 valence electrons. The summed E-state index contributed by atoms with van der Waals surface area (Å²) in [5.74, 6) is 1.81. The first-order chi connectivity index (χ1) is 10.4.